The second kappa shape index (κ2) is 9.22. The van der Waals surface area contributed by atoms with Gasteiger partial charge in [0.05, 0.1) is 12.2 Å². The zero-order chi connectivity index (χ0) is 23.9. The summed E-state index contributed by atoms with van der Waals surface area (Å²) in [5.41, 5.74) is 6.42. The van der Waals surface area contributed by atoms with Crippen LogP contribution >= 0.6 is 0 Å². The minimum Gasteiger partial charge on any atom is -0.459 e. The maximum atomic E-state index is 12.7. The Bertz CT molecular complexity index is 1180. The van der Waals surface area contributed by atoms with E-state index in [0.717, 1.165) is 13.1 Å². The molecule has 1 aliphatic carbocycles. The number of hydrogen-bond donors (Lipinski definition) is 0. The van der Waals surface area contributed by atoms with E-state index in [4.69, 9.17) is 4.74 Å². The lowest BCUT2D eigenvalue weighted by Gasteiger charge is -2.33. The third kappa shape index (κ3) is 4.53. The number of carbonyl (C=O) groups excluding carboxylic acids is 1. The van der Waals surface area contributed by atoms with Gasteiger partial charge in [0.15, 0.2) is 0 Å². The molecule has 4 heteroatoms. The topological polar surface area (TPSA) is 34.5 Å². The summed E-state index contributed by atoms with van der Waals surface area (Å²) in [6, 6.07) is 18.0. The Hall–Kier alpha value is -2.59. The summed E-state index contributed by atoms with van der Waals surface area (Å²) < 4.78 is 8.24. The lowest BCUT2D eigenvalue weighted by molar-refractivity contribution is -0.156. The number of esters is 1. The van der Waals surface area contributed by atoms with Gasteiger partial charge in [-0.2, -0.15) is 0 Å². The molecule has 1 aliphatic heterocycles. The lowest BCUT2D eigenvalue weighted by Crippen LogP contribution is -2.38. The van der Waals surface area contributed by atoms with E-state index in [1.165, 1.54) is 59.8 Å². The van der Waals surface area contributed by atoms with Crippen molar-refractivity contribution in [2.45, 2.75) is 83.9 Å². The van der Waals surface area contributed by atoms with Crippen LogP contribution in [0.5, 0.6) is 0 Å². The maximum absolute atomic E-state index is 12.7. The van der Waals surface area contributed by atoms with E-state index in [1.54, 1.807) is 5.56 Å². The standard InChI is InChI=1S/C30H38N2O2/c1-21-18-31(20-27(33)34-30(2,3)4)19-23-14-8-9-15-24(23)29-28(22-12-6-5-7-13-22)25-16-10-11-17-26(25)32(21)29/h8-11,14-17,21-22H,5-7,12-13,18-20H2,1-4H3. The third-order valence-corrected chi connectivity index (χ3v) is 7.37. The van der Waals surface area contributed by atoms with Gasteiger partial charge in [0.25, 0.3) is 0 Å². The van der Waals surface area contributed by atoms with Gasteiger partial charge in [-0.05, 0) is 63.6 Å². The third-order valence-electron chi connectivity index (χ3n) is 7.37. The van der Waals surface area contributed by atoms with Gasteiger partial charge in [0, 0.05) is 35.6 Å². The highest BCUT2D eigenvalue weighted by molar-refractivity contribution is 5.93. The first-order valence-corrected chi connectivity index (χ1v) is 13.0. The van der Waals surface area contributed by atoms with Crippen LogP contribution in [-0.2, 0) is 16.1 Å². The van der Waals surface area contributed by atoms with Gasteiger partial charge >= 0.3 is 5.97 Å². The van der Waals surface area contributed by atoms with Crippen molar-refractivity contribution in [3.05, 3.63) is 59.7 Å². The number of carbonyl (C=O) groups is 1. The van der Waals surface area contributed by atoms with Crippen LogP contribution in [0.3, 0.4) is 0 Å². The first-order valence-electron chi connectivity index (χ1n) is 13.0. The summed E-state index contributed by atoms with van der Waals surface area (Å²) in [4.78, 5) is 15.0. The van der Waals surface area contributed by atoms with Crippen molar-refractivity contribution in [1.29, 1.82) is 0 Å². The van der Waals surface area contributed by atoms with Crippen molar-refractivity contribution in [1.82, 2.24) is 9.47 Å². The molecule has 1 unspecified atom stereocenters. The number of para-hydroxylation sites is 1. The second-order valence-electron chi connectivity index (χ2n) is 11.2. The van der Waals surface area contributed by atoms with E-state index in [2.05, 4.69) is 64.9 Å². The largest absolute Gasteiger partial charge is 0.459 e. The summed E-state index contributed by atoms with van der Waals surface area (Å²) in [7, 11) is 0. The fourth-order valence-electron chi connectivity index (χ4n) is 6.15. The first kappa shape index (κ1) is 23.2. The molecule has 2 heterocycles. The molecule has 1 aromatic heterocycles. The fraction of sp³-hybridized carbons (Fsp3) is 0.500. The van der Waals surface area contributed by atoms with E-state index in [0.29, 0.717) is 12.5 Å². The van der Waals surface area contributed by atoms with Crippen LogP contribution in [0.25, 0.3) is 22.2 Å². The molecule has 0 spiro atoms. The van der Waals surface area contributed by atoms with Crippen LogP contribution in [0.4, 0.5) is 0 Å². The van der Waals surface area contributed by atoms with E-state index in [-0.39, 0.29) is 12.0 Å². The zero-order valence-corrected chi connectivity index (χ0v) is 21.1. The molecule has 2 aliphatic rings. The van der Waals surface area contributed by atoms with Gasteiger partial charge in [-0.3, -0.25) is 9.69 Å². The molecule has 0 amide bonds. The molecule has 0 saturated heterocycles. The van der Waals surface area contributed by atoms with Crippen molar-refractivity contribution in [3.8, 4) is 11.3 Å². The van der Waals surface area contributed by atoms with E-state index < -0.39 is 5.60 Å². The minimum atomic E-state index is -0.470. The summed E-state index contributed by atoms with van der Waals surface area (Å²) >= 11 is 0. The molecule has 2 aromatic carbocycles. The number of hydrogen-bond acceptors (Lipinski definition) is 3. The van der Waals surface area contributed by atoms with E-state index in [9.17, 15) is 4.79 Å². The smallest absolute Gasteiger partial charge is 0.320 e. The summed E-state index contributed by atoms with van der Waals surface area (Å²) in [5, 5.41) is 1.41. The average Bonchev–Trinajstić information content (AvgIpc) is 3.12. The number of benzene rings is 2. The molecule has 3 aromatic rings. The molecular weight excluding hydrogens is 420 g/mol. The van der Waals surface area contributed by atoms with Gasteiger partial charge in [0.2, 0.25) is 0 Å². The molecule has 1 atom stereocenters. The predicted molar refractivity (Wildman–Crippen MR) is 139 cm³/mol. The van der Waals surface area contributed by atoms with Crippen LogP contribution in [0.2, 0.25) is 0 Å². The Balaban J connectivity index is 1.63. The minimum absolute atomic E-state index is 0.154. The maximum Gasteiger partial charge on any atom is 0.320 e. The molecular formula is C30H38N2O2. The van der Waals surface area contributed by atoms with E-state index >= 15 is 0 Å². The summed E-state index contributed by atoms with van der Waals surface area (Å²) in [6.07, 6.45) is 6.57. The van der Waals surface area contributed by atoms with Crippen LogP contribution in [0.1, 0.15) is 82.9 Å². The Labute approximate surface area is 203 Å². The van der Waals surface area contributed by atoms with Gasteiger partial charge in [-0.1, -0.05) is 61.7 Å². The van der Waals surface area contributed by atoms with Crippen molar-refractivity contribution in [3.63, 3.8) is 0 Å². The van der Waals surface area contributed by atoms with Crippen molar-refractivity contribution >= 4 is 16.9 Å². The van der Waals surface area contributed by atoms with Crippen LogP contribution in [0.15, 0.2) is 48.5 Å². The van der Waals surface area contributed by atoms with E-state index in [1.807, 2.05) is 20.8 Å². The lowest BCUT2D eigenvalue weighted by atomic mass is 9.81. The fourth-order valence-corrected chi connectivity index (χ4v) is 6.15. The quantitative estimate of drug-likeness (QED) is 0.394. The highest BCUT2D eigenvalue weighted by Crippen LogP contribution is 2.46. The molecule has 34 heavy (non-hydrogen) atoms. The SMILES string of the molecule is CC1CN(CC(=O)OC(C)(C)C)Cc2ccccc2-c2c(C3CCCCC3)c3ccccc3n21. The van der Waals surface area contributed by atoms with Crippen LogP contribution < -0.4 is 0 Å². The van der Waals surface area contributed by atoms with Gasteiger partial charge in [0.1, 0.15) is 5.60 Å². The molecule has 0 bridgehead atoms. The number of rotatable bonds is 3. The molecule has 0 N–H and O–H groups in total. The van der Waals surface area contributed by atoms with Crippen molar-refractivity contribution in [2.75, 3.05) is 13.1 Å². The Kier molecular flexibility index (Phi) is 6.28. The predicted octanol–water partition coefficient (Wildman–Crippen LogP) is 7.07. The first-order chi connectivity index (χ1) is 16.3. The molecule has 5 rings (SSSR count). The number of aromatic nitrogens is 1. The Morgan fingerprint density at radius 1 is 1.00 bits per heavy atom. The number of fused-ring (bicyclic) bond motifs is 5. The molecule has 1 fully saturated rings. The van der Waals surface area contributed by atoms with Crippen molar-refractivity contribution in [2.24, 2.45) is 0 Å². The number of nitrogens with zero attached hydrogens (tertiary/aromatic N) is 2. The Morgan fingerprint density at radius 2 is 1.71 bits per heavy atom. The van der Waals surface area contributed by atoms with Gasteiger partial charge < -0.3 is 9.30 Å². The normalized spacial score (nSPS) is 19.8. The summed E-state index contributed by atoms with van der Waals surface area (Å²) in [5.74, 6) is 0.464. The number of ether oxygens (including phenoxy) is 1. The average molecular weight is 459 g/mol. The zero-order valence-electron chi connectivity index (χ0n) is 21.1. The molecule has 1 saturated carbocycles. The highest BCUT2D eigenvalue weighted by atomic mass is 16.6. The highest BCUT2D eigenvalue weighted by Gasteiger charge is 2.31. The van der Waals surface area contributed by atoms with Crippen LogP contribution in [0, 0.1) is 0 Å². The second-order valence-corrected chi connectivity index (χ2v) is 11.2. The monoisotopic (exact) mass is 458 g/mol. The van der Waals surface area contributed by atoms with Crippen molar-refractivity contribution < 1.29 is 9.53 Å². The molecule has 0 radical (unpaired) electrons. The molecule has 180 valence electrons. The summed E-state index contributed by atoms with van der Waals surface area (Å²) in [6.45, 7) is 9.97. The van der Waals surface area contributed by atoms with Gasteiger partial charge in [-0.15, -0.1) is 0 Å². The van der Waals surface area contributed by atoms with Crippen LogP contribution in [-0.4, -0.2) is 34.1 Å². The van der Waals surface area contributed by atoms with Gasteiger partial charge in [-0.25, -0.2) is 0 Å². The Morgan fingerprint density at radius 3 is 2.47 bits per heavy atom. The molecule has 4 nitrogen and oxygen atoms in total.